The van der Waals surface area contributed by atoms with E-state index < -0.39 is 14.6 Å². The minimum atomic E-state index is -2.97. The van der Waals surface area contributed by atoms with Crippen molar-refractivity contribution in [2.75, 3.05) is 19.3 Å². The highest BCUT2D eigenvalue weighted by atomic mass is 32.2. The number of hydrogen-bond acceptors (Lipinski definition) is 3. The van der Waals surface area contributed by atoms with E-state index in [1.807, 2.05) is 0 Å². The van der Waals surface area contributed by atoms with Crippen LogP contribution in [0.1, 0.15) is 52.4 Å². The molecule has 1 aliphatic carbocycles. The summed E-state index contributed by atoms with van der Waals surface area (Å²) in [5, 5.41) is 3.30. The van der Waals surface area contributed by atoms with Gasteiger partial charge in [0.2, 0.25) is 0 Å². The Bertz CT molecular complexity index is 316. The molecule has 0 unspecified atom stereocenters. The minimum absolute atomic E-state index is 0.554. The van der Waals surface area contributed by atoms with Gasteiger partial charge in [-0.3, -0.25) is 0 Å². The number of nitrogens with one attached hydrogen (secondary N) is 1. The number of rotatable bonds is 6. The van der Waals surface area contributed by atoms with Crippen LogP contribution in [0.3, 0.4) is 0 Å². The summed E-state index contributed by atoms with van der Waals surface area (Å²) < 4.78 is 22.4. The van der Waals surface area contributed by atoms with E-state index in [0.29, 0.717) is 6.54 Å². The zero-order valence-corrected chi connectivity index (χ0v) is 12.3. The van der Waals surface area contributed by atoms with Crippen LogP contribution in [-0.4, -0.2) is 32.5 Å². The lowest BCUT2D eigenvalue weighted by atomic mass is 9.87. The molecule has 1 aliphatic rings. The Morgan fingerprint density at radius 2 is 1.76 bits per heavy atom. The Labute approximate surface area is 106 Å². The van der Waals surface area contributed by atoms with Gasteiger partial charge in [0, 0.05) is 12.8 Å². The fraction of sp³-hybridized carbons (Fsp3) is 1.00. The normalized spacial score (nSPS) is 19.5. The van der Waals surface area contributed by atoms with E-state index in [1.54, 1.807) is 13.8 Å². The molecule has 4 heteroatoms. The van der Waals surface area contributed by atoms with Crippen molar-refractivity contribution in [2.45, 2.75) is 57.1 Å². The van der Waals surface area contributed by atoms with Crippen LogP contribution in [0.2, 0.25) is 0 Å². The fourth-order valence-electron chi connectivity index (χ4n) is 2.30. The van der Waals surface area contributed by atoms with E-state index in [2.05, 4.69) is 5.32 Å². The molecule has 1 saturated carbocycles. The molecule has 1 N–H and O–H groups in total. The van der Waals surface area contributed by atoms with Crippen LogP contribution in [0.4, 0.5) is 0 Å². The lowest BCUT2D eigenvalue weighted by Crippen LogP contribution is -2.42. The first-order chi connectivity index (χ1) is 7.83. The molecule has 0 amide bonds. The van der Waals surface area contributed by atoms with Gasteiger partial charge in [-0.05, 0) is 32.7 Å². The molecule has 0 spiro atoms. The minimum Gasteiger partial charge on any atom is -0.315 e. The molecule has 0 atom stereocenters. The van der Waals surface area contributed by atoms with Crippen molar-refractivity contribution < 1.29 is 8.42 Å². The molecule has 0 radical (unpaired) electrons. The van der Waals surface area contributed by atoms with Crippen LogP contribution in [0.25, 0.3) is 0 Å². The van der Waals surface area contributed by atoms with Crippen LogP contribution in [0.15, 0.2) is 0 Å². The first-order valence-corrected chi connectivity index (χ1v) is 8.62. The van der Waals surface area contributed by atoms with Gasteiger partial charge in [0.15, 0.2) is 9.84 Å². The van der Waals surface area contributed by atoms with Crippen LogP contribution in [0.5, 0.6) is 0 Å². The van der Waals surface area contributed by atoms with Gasteiger partial charge in [-0.1, -0.05) is 32.1 Å². The third-order valence-electron chi connectivity index (χ3n) is 4.01. The third kappa shape index (κ3) is 4.96. The fourth-order valence-corrected chi connectivity index (χ4v) is 2.67. The van der Waals surface area contributed by atoms with Gasteiger partial charge in [0.05, 0.1) is 4.75 Å². The molecule has 0 saturated heterocycles. The molecule has 0 aromatic heterocycles. The molecule has 0 aromatic carbocycles. The maximum Gasteiger partial charge on any atom is 0.153 e. The van der Waals surface area contributed by atoms with E-state index in [1.165, 1.54) is 44.8 Å². The second kappa shape index (κ2) is 6.19. The third-order valence-corrected chi connectivity index (χ3v) is 6.16. The first kappa shape index (κ1) is 15.0. The zero-order chi connectivity index (χ0) is 12.9. The lowest BCUT2D eigenvalue weighted by molar-refractivity contribution is 0.332. The van der Waals surface area contributed by atoms with E-state index in [4.69, 9.17) is 0 Å². The van der Waals surface area contributed by atoms with E-state index >= 15 is 0 Å². The largest absolute Gasteiger partial charge is 0.315 e. The summed E-state index contributed by atoms with van der Waals surface area (Å²) in [7, 11) is -2.97. The second-order valence-electron chi connectivity index (χ2n) is 6.00. The summed E-state index contributed by atoms with van der Waals surface area (Å²) in [4.78, 5) is 0. The summed E-state index contributed by atoms with van der Waals surface area (Å²) >= 11 is 0. The summed E-state index contributed by atoms with van der Waals surface area (Å²) in [5.41, 5.74) is 0. The smallest absolute Gasteiger partial charge is 0.153 e. The number of sulfone groups is 1. The predicted octanol–water partition coefficient (Wildman–Crippen LogP) is 2.37. The van der Waals surface area contributed by atoms with Crippen molar-refractivity contribution in [1.82, 2.24) is 5.32 Å². The van der Waals surface area contributed by atoms with E-state index in [9.17, 15) is 8.42 Å². The molecule has 1 fully saturated rings. The predicted molar refractivity (Wildman–Crippen MR) is 73.0 cm³/mol. The highest BCUT2D eigenvalue weighted by Gasteiger charge is 2.29. The van der Waals surface area contributed by atoms with Crippen LogP contribution in [-0.2, 0) is 9.84 Å². The summed E-state index contributed by atoms with van der Waals surface area (Å²) in [5.74, 6) is 0.859. The van der Waals surface area contributed by atoms with Crippen molar-refractivity contribution in [3.05, 3.63) is 0 Å². The molecule has 0 bridgehead atoms. The maximum atomic E-state index is 11.5. The Morgan fingerprint density at radius 3 is 2.29 bits per heavy atom. The van der Waals surface area contributed by atoms with E-state index in [0.717, 1.165) is 12.5 Å². The van der Waals surface area contributed by atoms with Crippen LogP contribution >= 0.6 is 0 Å². The summed E-state index contributed by atoms with van der Waals surface area (Å²) in [6.45, 7) is 5.08. The van der Waals surface area contributed by atoms with Crippen molar-refractivity contribution in [3.8, 4) is 0 Å². The van der Waals surface area contributed by atoms with Crippen LogP contribution < -0.4 is 5.32 Å². The Hall–Kier alpha value is -0.0900. The summed E-state index contributed by atoms with van der Waals surface area (Å²) in [6.07, 6.45) is 9.37. The van der Waals surface area contributed by atoms with Crippen molar-refractivity contribution in [2.24, 2.45) is 5.92 Å². The van der Waals surface area contributed by atoms with Crippen molar-refractivity contribution >= 4 is 9.84 Å². The van der Waals surface area contributed by atoms with Gasteiger partial charge < -0.3 is 5.32 Å². The number of hydrogen-bond donors (Lipinski definition) is 1. The van der Waals surface area contributed by atoms with Gasteiger partial charge in [0.25, 0.3) is 0 Å². The molecule has 17 heavy (non-hydrogen) atoms. The molecular weight excluding hydrogens is 234 g/mol. The molecule has 0 aliphatic heterocycles. The zero-order valence-electron chi connectivity index (χ0n) is 11.5. The summed E-state index contributed by atoms with van der Waals surface area (Å²) in [6, 6.07) is 0. The van der Waals surface area contributed by atoms with Crippen LogP contribution in [0, 0.1) is 5.92 Å². The van der Waals surface area contributed by atoms with Gasteiger partial charge in [-0.25, -0.2) is 8.42 Å². The highest BCUT2D eigenvalue weighted by molar-refractivity contribution is 7.92. The monoisotopic (exact) mass is 261 g/mol. The molecule has 0 heterocycles. The topological polar surface area (TPSA) is 46.2 Å². The average molecular weight is 261 g/mol. The molecule has 0 aromatic rings. The first-order valence-electron chi connectivity index (χ1n) is 6.73. The Morgan fingerprint density at radius 1 is 1.18 bits per heavy atom. The quantitative estimate of drug-likeness (QED) is 0.747. The maximum absolute atomic E-state index is 11.5. The lowest BCUT2D eigenvalue weighted by Gasteiger charge is -2.25. The van der Waals surface area contributed by atoms with E-state index in [-0.39, 0.29) is 0 Å². The second-order valence-corrected chi connectivity index (χ2v) is 8.65. The highest BCUT2D eigenvalue weighted by Crippen LogP contribution is 2.25. The molecule has 3 nitrogen and oxygen atoms in total. The Kier molecular flexibility index (Phi) is 5.45. The Balaban J connectivity index is 2.19. The molecular formula is C13H27NO2S. The average Bonchev–Trinajstić information content (AvgIpc) is 2.24. The van der Waals surface area contributed by atoms with Gasteiger partial charge >= 0.3 is 0 Å². The molecule has 102 valence electrons. The molecule has 1 rings (SSSR count). The van der Waals surface area contributed by atoms with Gasteiger partial charge in [-0.2, -0.15) is 0 Å². The van der Waals surface area contributed by atoms with Crippen molar-refractivity contribution in [1.29, 1.82) is 0 Å². The SMILES string of the molecule is CC(C)(CNCCC1CCCCC1)S(C)(=O)=O. The standard InChI is InChI=1S/C13H27NO2S/c1-13(2,17(3,15)16)11-14-10-9-12-7-5-4-6-8-12/h12,14H,4-11H2,1-3H3. The van der Waals surface area contributed by atoms with Gasteiger partial charge in [-0.15, -0.1) is 0 Å². The van der Waals surface area contributed by atoms with Gasteiger partial charge in [0.1, 0.15) is 0 Å². The van der Waals surface area contributed by atoms with Crippen molar-refractivity contribution in [3.63, 3.8) is 0 Å².